The van der Waals surface area contributed by atoms with Gasteiger partial charge in [0.2, 0.25) is 0 Å². The molecule has 0 radical (unpaired) electrons. The molecule has 98 valence electrons. The van der Waals surface area contributed by atoms with Crippen LogP contribution in [0.3, 0.4) is 0 Å². The maximum absolute atomic E-state index is 6.55. The fourth-order valence-electron chi connectivity index (χ4n) is 2.33. The second kappa shape index (κ2) is 5.27. The van der Waals surface area contributed by atoms with Gasteiger partial charge < -0.3 is 14.2 Å². The van der Waals surface area contributed by atoms with Crippen LogP contribution in [-0.2, 0) is 4.74 Å². The van der Waals surface area contributed by atoms with Gasteiger partial charge in [-0.3, -0.25) is 0 Å². The molecule has 3 nitrogen and oxygen atoms in total. The molecule has 0 aliphatic carbocycles. The summed E-state index contributed by atoms with van der Waals surface area (Å²) in [6, 6.07) is 3.92. The van der Waals surface area contributed by atoms with Crippen LogP contribution in [0.5, 0.6) is 11.5 Å². The molecule has 0 saturated carbocycles. The molecule has 2 aliphatic heterocycles. The van der Waals surface area contributed by atoms with Crippen molar-refractivity contribution in [2.45, 2.75) is 11.8 Å². The van der Waals surface area contributed by atoms with Crippen molar-refractivity contribution in [3.63, 3.8) is 0 Å². The molecule has 0 spiro atoms. The molecule has 0 amide bonds. The van der Waals surface area contributed by atoms with Gasteiger partial charge in [-0.2, -0.15) is 0 Å². The first kappa shape index (κ1) is 12.6. The summed E-state index contributed by atoms with van der Waals surface area (Å²) in [5.41, 5.74) is 1.05. The van der Waals surface area contributed by atoms with Crippen LogP contribution in [0.1, 0.15) is 17.4 Å². The highest BCUT2D eigenvalue weighted by Crippen LogP contribution is 2.43. The minimum absolute atomic E-state index is 0.0577. The third-order valence-electron chi connectivity index (χ3n) is 3.34. The summed E-state index contributed by atoms with van der Waals surface area (Å²) in [5, 5.41) is -0.0577. The lowest BCUT2D eigenvalue weighted by molar-refractivity contribution is 0.171. The van der Waals surface area contributed by atoms with Gasteiger partial charge in [-0.05, 0) is 24.1 Å². The average Bonchev–Trinajstić information content (AvgIpc) is 2.91. The maximum Gasteiger partial charge on any atom is 0.162 e. The Morgan fingerprint density at radius 1 is 1.17 bits per heavy atom. The SMILES string of the molecule is ClC(c1cc2c(cc1Br)OCCO2)C1CCOC1. The van der Waals surface area contributed by atoms with Gasteiger partial charge in [-0.1, -0.05) is 15.9 Å². The Bertz CT molecular complexity index is 446. The fraction of sp³-hybridized carbons (Fsp3) is 0.538. The van der Waals surface area contributed by atoms with Crippen LogP contribution in [0, 0.1) is 5.92 Å². The lowest BCUT2D eigenvalue weighted by atomic mass is 9.97. The molecule has 0 aromatic heterocycles. The van der Waals surface area contributed by atoms with Crippen LogP contribution in [0.4, 0.5) is 0 Å². The van der Waals surface area contributed by atoms with E-state index in [0.29, 0.717) is 19.1 Å². The highest BCUT2D eigenvalue weighted by Gasteiger charge is 2.28. The van der Waals surface area contributed by atoms with Gasteiger partial charge in [0, 0.05) is 17.0 Å². The van der Waals surface area contributed by atoms with Crippen LogP contribution >= 0.6 is 27.5 Å². The molecule has 1 saturated heterocycles. The monoisotopic (exact) mass is 332 g/mol. The van der Waals surface area contributed by atoms with Crippen molar-refractivity contribution < 1.29 is 14.2 Å². The molecular weight excluding hydrogens is 319 g/mol. The molecule has 0 bridgehead atoms. The third kappa shape index (κ3) is 2.33. The van der Waals surface area contributed by atoms with Crippen molar-refractivity contribution in [3.05, 3.63) is 22.2 Å². The van der Waals surface area contributed by atoms with E-state index in [2.05, 4.69) is 15.9 Å². The van der Waals surface area contributed by atoms with Crippen molar-refractivity contribution in [3.8, 4) is 11.5 Å². The first-order valence-corrected chi connectivity index (χ1v) is 7.29. The van der Waals surface area contributed by atoms with E-state index >= 15 is 0 Å². The first-order chi connectivity index (χ1) is 8.75. The van der Waals surface area contributed by atoms with Gasteiger partial charge in [0.15, 0.2) is 11.5 Å². The standard InChI is InChI=1S/C13H14BrClO3/c14-10-6-12-11(17-3-4-18-12)5-9(10)13(15)8-1-2-16-7-8/h5-6,8,13H,1-4,7H2. The minimum Gasteiger partial charge on any atom is -0.486 e. The molecule has 5 heteroatoms. The van der Waals surface area contributed by atoms with Crippen LogP contribution < -0.4 is 9.47 Å². The molecule has 0 N–H and O–H groups in total. The zero-order valence-electron chi connectivity index (χ0n) is 9.83. The Balaban J connectivity index is 1.90. The van der Waals surface area contributed by atoms with Crippen molar-refractivity contribution in [1.82, 2.24) is 0 Å². The second-order valence-electron chi connectivity index (χ2n) is 4.54. The summed E-state index contributed by atoms with van der Waals surface area (Å²) in [6.07, 6.45) is 1.01. The fourth-order valence-corrected chi connectivity index (χ4v) is 3.41. The number of hydrogen-bond donors (Lipinski definition) is 0. The maximum atomic E-state index is 6.55. The number of fused-ring (bicyclic) bond motifs is 1. The van der Waals surface area contributed by atoms with E-state index in [0.717, 1.165) is 41.2 Å². The number of halogens is 2. The highest BCUT2D eigenvalue weighted by molar-refractivity contribution is 9.10. The summed E-state index contributed by atoms with van der Waals surface area (Å²) >= 11 is 10.1. The lowest BCUT2D eigenvalue weighted by Crippen LogP contribution is -2.16. The molecule has 2 atom stereocenters. The van der Waals surface area contributed by atoms with E-state index in [1.807, 2.05) is 12.1 Å². The average molecular weight is 334 g/mol. The van der Waals surface area contributed by atoms with Crippen LogP contribution in [-0.4, -0.2) is 26.4 Å². The Hall–Kier alpha value is -0.450. The molecule has 1 aromatic carbocycles. The van der Waals surface area contributed by atoms with Crippen LogP contribution in [0.2, 0.25) is 0 Å². The van der Waals surface area contributed by atoms with Gasteiger partial charge in [0.25, 0.3) is 0 Å². The van der Waals surface area contributed by atoms with Crippen molar-refractivity contribution in [2.75, 3.05) is 26.4 Å². The van der Waals surface area contributed by atoms with Crippen molar-refractivity contribution in [1.29, 1.82) is 0 Å². The summed E-state index contributed by atoms with van der Waals surface area (Å²) in [5.74, 6) is 1.93. The summed E-state index contributed by atoms with van der Waals surface area (Å²) in [6.45, 7) is 2.72. The smallest absolute Gasteiger partial charge is 0.162 e. The topological polar surface area (TPSA) is 27.7 Å². The van der Waals surface area contributed by atoms with Crippen molar-refractivity contribution in [2.24, 2.45) is 5.92 Å². The number of rotatable bonds is 2. The van der Waals surface area contributed by atoms with E-state index in [9.17, 15) is 0 Å². The molecule has 2 heterocycles. The van der Waals surface area contributed by atoms with E-state index in [1.54, 1.807) is 0 Å². The van der Waals surface area contributed by atoms with Gasteiger partial charge in [0.1, 0.15) is 13.2 Å². The Morgan fingerprint density at radius 2 is 1.89 bits per heavy atom. The molecule has 2 unspecified atom stereocenters. The van der Waals surface area contributed by atoms with Gasteiger partial charge in [0.05, 0.1) is 12.0 Å². The van der Waals surface area contributed by atoms with E-state index < -0.39 is 0 Å². The van der Waals surface area contributed by atoms with Gasteiger partial charge >= 0.3 is 0 Å². The third-order valence-corrected chi connectivity index (χ3v) is 4.62. The van der Waals surface area contributed by atoms with Gasteiger partial charge in [-0.15, -0.1) is 11.6 Å². The molecule has 2 aliphatic rings. The van der Waals surface area contributed by atoms with E-state index in [1.165, 1.54) is 0 Å². The number of benzene rings is 1. The molecule has 1 aromatic rings. The highest BCUT2D eigenvalue weighted by atomic mass is 79.9. The summed E-state index contributed by atoms with van der Waals surface area (Å²) in [4.78, 5) is 0. The zero-order chi connectivity index (χ0) is 12.5. The van der Waals surface area contributed by atoms with Crippen LogP contribution in [0.25, 0.3) is 0 Å². The Kier molecular flexibility index (Phi) is 3.68. The minimum atomic E-state index is -0.0577. The summed E-state index contributed by atoms with van der Waals surface area (Å²) < 4.78 is 17.5. The number of alkyl halides is 1. The normalized spacial score (nSPS) is 24.0. The Morgan fingerprint density at radius 3 is 2.56 bits per heavy atom. The summed E-state index contributed by atoms with van der Waals surface area (Å²) in [7, 11) is 0. The molecule has 18 heavy (non-hydrogen) atoms. The predicted octanol–water partition coefficient (Wildman–Crippen LogP) is 3.54. The number of hydrogen-bond acceptors (Lipinski definition) is 3. The predicted molar refractivity (Wildman–Crippen MR) is 72.7 cm³/mol. The van der Waals surface area contributed by atoms with Crippen molar-refractivity contribution >= 4 is 27.5 Å². The second-order valence-corrected chi connectivity index (χ2v) is 5.87. The van der Waals surface area contributed by atoms with E-state index in [4.69, 9.17) is 25.8 Å². The quantitative estimate of drug-likeness (QED) is 0.775. The lowest BCUT2D eigenvalue weighted by Gasteiger charge is -2.23. The molecular formula is C13H14BrClO3. The first-order valence-electron chi connectivity index (χ1n) is 6.06. The molecule has 1 fully saturated rings. The molecule has 3 rings (SSSR count). The number of ether oxygens (including phenoxy) is 3. The van der Waals surface area contributed by atoms with E-state index in [-0.39, 0.29) is 5.38 Å². The Labute approximate surface area is 119 Å². The van der Waals surface area contributed by atoms with Crippen LogP contribution in [0.15, 0.2) is 16.6 Å². The zero-order valence-corrected chi connectivity index (χ0v) is 12.2. The van der Waals surface area contributed by atoms with Gasteiger partial charge in [-0.25, -0.2) is 0 Å². The largest absolute Gasteiger partial charge is 0.486 e.